The number of nitrogens with zero attached hydrogens (tertiary/aromatic N) is 1. The lowest BCUT2D eigenvalue weighted by molar-refractivity contribution is -0.128. The monoisotopic (exact) mass is 413 g/mol. The number of likely N-dealkylation sites (tertiary alicyclic amines) is 1. The summed E-state index contributed by atoms with van der Waals surface area (Å²) in [6.45, 7) is 3.23. The Balaban J connectivity index is 1.66. The third-order valence-electron chi connectivity index (χ3n) is 4.87. The first-order valence-electron chi connectivity index (χ1n) is 9.69. The van der Waals surface area contributed by atoms with Gasteiger partial charge >= 0.3 is 0 Å². The molecule has 1 atom stereocenters. The molecule has 2 aromatic carbocycles. The van der Waals surface area contributed by atoms with Crippen molar-refractivity contribution >= 4 is 35.0 Å². The zero-order valence-corrected chi connectivity index (χ0v) is 17.0. The molecule has 152 valence electrons. The van der Waals surface area contributed by atoms with Gasteiger partial charge in [-0.1, -0.05) is 48.9 Å². The molecule has 1 aliphatic heterocycles. The Kier molecular flexibility index (Phi) is 6.88. The molecule has 0 radical (unpaired) electrons. The van der Waals surface area contributed by atoms with Crippen molar-refractivity contribution in [2.45, 2.75) is 26.3 Å². The quantitative estimate of drug-likeness (QED) is 0.729. The third-order valence-corrected chi connectivity index (χ3v) is 5.24. The first kappa shape index (κ1) is 20.9. The summed E-state index contributed by atoms with van der Waals surface area (Å²) in [6.07, 6.45) is 0.964. The van der Waals surface area contributed by atoms with Gasteiger partial charge in [-0.2, -0.15) is 0 Å². The SMILES string of the molecule is CCCNC(=O)c1ccccc1NC(=O)C1CC(=O)N(Cc2ccccc2Cl)C1. The number of rotatable bonds is 7. The molecule has 2 N–H and O–H groups in total. The van der Waals surface area contributed by atoms with Gasteiger partial charge in [-0.15, -0.1) is 0 Å². The minimum absolute atomic E-state index is 0.0842. The third kappa shape index (κ3) is 5.15. The number of anilines is 1. The Hall–Kier alpha value is -2.86. The van der Waals surface area contributed by atoms with Crippen LogP contribution in [0.3, 0.4) is 0 Å². The average molecular weight is 414 g/mol. The Bertz CT molecular complexity index is 916. The molecule has 7 heteroatoms. The number of nitrogens with one attached hydrogen (secondary N) is 2. The van der Waals surface area contributed by atoms with E-state index in [1.54, 1.807) is 35.2 Å². The van der Waals surface area contributed by atoms with E-state index in [0.717, 1.165) is 12.0 Å². The van der Waals surface area contributed by atoms with Crippen molar-refractivity contribution in [3.8, 4) is 0 Å². The lowest BCUT2D eigenvalue weighted by Gasteiger charge is -2.18. The summed E-state index contributed by atoms with van der Waals surface area (Å²) >= 11 is 6.18. The van der Waals surface area contributed by atoms with Crippen LogP contribution in [0, 0.1) is 5.92 Å². The van der Waals surface area contributed by atoms with E-state index in [-0.39, 0.29) is 24.1 Å². The highest BCUT2D eigenvalue weighted by Gasteiger charge is 2.34. The van der Waals surface area contributed by atoms with Crippen molar-refractivity contribution < 1.29 is 14.4 Å². The highest BCUT2D eigenvalue weighted by atomic mass is 35.5. The second-order valence-corrected chi connectivity index (χ2v) is 7.46. The maximum Gasteiger partial charge on any atom is 0.253 e. The molecule has 29 heavy (non-hydrogen) atoms. The standard InChI is InChI=1S/C22H24ClN3O3/c1-2-11-24-22(29)17-8-4-6-10-19(17)25-21(28)16-12-20(27)26(14-16)13-15-7-3-5-9-18(15)23/h3-10,16H,2,11-14H2,1H3,(H,24,29)(H,25,28). The van der Waals surface area contributed by atoms with Crippen molar-refractivity contribution in [1.29, 1.82) is 0 Å². The van der Waals surface area contributed by atoms with Gasteiger partial charge in [-0.05, 0) is 30.2 Å². The van der Waals surface area contributed by atoms with Gasteiger partial charge in [-0.25, -0.2) is 0 Å². The number of para-hydroxylation sites is 1. The second kappa shape index (κ2) is 9.56. The molecule has 0 aromatic heterocycles. The highest BCUT2D eigenvalue weighted by Crippen LogP contribution is 2.25. The Morgan fingerprint density at radius 2 is 1.86 bits per heavy atom. The molecular formula is C22H24ClN3O3. The van der Waals surface area contributed by atoms with E-state index in [0.29, 0.717) is 35.9 Å². The Labute approximate surface area is 175 Å². The summed E-state index contributed by atoms with van der Waals surface area (Å²) in [5.74, 6) is -1.06. The maximum absolute atomic E-state index is 12.8. The van der Waals surface area contributed by atoms with E-state index in [4.69, 9.17) is 11.6 Å². The van der Waals surface area contributed by atoms with Gasteiger partial charge in [0, 0.05) is 31.1 Å². The molecule has 3 amide bonds. The molecule has 1 fully saturated rings. The molecule has 0 spiro atoms. The fourth-order valence-electron chi connectivity index (χ4n) is 3.29. The summed E-state index contributed by atoms with van der Waals surface area (Å²) in [4.78, 5) is 39.1. The molecule has 0 aliphatic carbocycles. The predicted octanol–water partition coefficient (Wildman–Crippen LogP) is 3.47. The number of hydrogen-bond donors (Lipinski definition) is 2. The minimum Gasteiger partial charge on any atom is -0.352 e. The van der Waals surface area contributed by atoms with Crippen LogP contribution in [0.25, 0.3) is 0 Å². The summed E-state index contributed by atoms with van der Waals surface area (Å²) in [5, 5.41) is 6.23. The minimum atomic E-state index is -0.475. The predicted molar refractivity (Wildman–Crippen MR) is 113 cm³/mol. The van der Waals surface area contributed by atoms with Crippen molar-refractivity contribution in [3.63, 3.8) is 0 Å². The molecule has 1 saturated heterocycles. The fourth-order valence-corrected chi connectivity index (χ4v) is 3.49. The van der Waals surface area contributed by atoms with Gasteiger partial charge in [0.1, 0.15) is 0 Å². The number of benzene rings is 2. The van der Waals surface area contributed by atoms with Crippen LogP contribution < -0.4 is 10.6 Å². The van der Waals surface area contributed by atoms with Crippen molar-refractivity contribution in [2.75, 3.05) is 18.4 Å². The van der Waals surface area contributed by atoms with Crippen molar-refractivity contribution in [2.24, 2.45) is 5.92 Å². The van der Waals surface area contributed by atoms with E-state index < -0.39 is 5.92 Å². The normalized spacial score (nSPS) is 16.0. The number of carbonyl (C=O) groups excluding carboxylic acids is 3. The van der Waals surface area contributed by atoms with Crippen molar-refractivity contribution in [3.05, 3.63) is 64.7 Å². The van der Waals surface area contributed by atoms with Gasteiger partial charge in [0.2, 0.25) is 11.8 Å². The van der Waals surface area contributed by atoms with Crippen LogP contribution in [0.5, 0.6) is 0 Å². The zero-order valence-electron chi connectivity index (χ0n) is 16.3. The molecule has 0 bridgehead atoms. The van der Waals surface area contributed by atoms with E-state index in [1.807, 2.05) is 25.1 Å². The second-order valence-electron chi connectivity index (χ2n) is 7.06. The Morgan fingerprint density at radius 1 is 1.14 bits per heavy atom. The largest absolute Gasteiger partial charge is 0.352 e. The van der Waals surface area contributed by atoms with Crippen molar-refractivity contribution in [1.82, 2.24) is 10.2 Å². The van der Waals surface area contributed by atoms with E-state index in [2.05, 4.69) is 10.6 Å². The van der Waals surface area contributed by atoms with Crippen LogP contribution in [0.15, 0.2) is 48.5 Å². The van der Waals surface area contributed by atoms with Gasteiger partial charge in [0.25, 0.3) is 5.91 Å². The van der Waals surface area contributed by atoms with Gasteiger partial charge < -0.3 is 15.5 Å². The van der Waals surface area contributed by atoms with Crippen LogP contribution in [0.2, 0.25) is 5.02 Å². The smallest absolute Gasteiger partial charge is 0.253 e. The zero-order chi connectivity index (χ0) is 20.8. The molecular weight excluding hydrogens is 390 g/mol. The van der Waals surface area contributed by atoms with Crippen LogP contribution in [0.1, 0.15) is 35.7 Å². The summed E-state index contributed by atoms with van der Waals surface area (Å²) in [6, 6.07) is 14.2. The van der Waals surface area contributed by atoms with E-state index in [9.17, 15) is 14.4 Å². The lowest BCUT2D eigenvalue weighted by atomic mass is 10.1. The van der Waals surface area contributed by atoms with Crippen LogP contribution in [-0.4, -0.2) is 35.7 Å². The number of halogens is 1. The highest BCUT2D eigenvalue weighted by molar-refractivity contribution is 6.31. The topological polar surface area (TPSA) is 78.5 Å². The fraction of sp³-hybridized carbons (Fsp3) is 0.318. The molecule has 0 saturated carbocycles. The number of carbonyl (C=O) groups is 3. The maximum atomic E-state index is 12.8. The van der Waals surface area contributed by atoms with Crippen LogP contribution in [0.4, 0.5) is 5.69 Å². The molecule has 2 aromatic rings. The van der Waals surface area contributed by atoms with Crippen LogP contribution in [-0.2, 0) is 16.1 Å². The number of hydrogen-bond acceptors (Lipinski definition) is 3. The number of amides is 3. The molecule has 1 unspecified atom stereocenters. The molecule has 3 rings (SSSR count). The first-order chi connectivity index (χ1) is 14.0. The molecule has 1 heterocycles. The first-order valence-corrected chi connectivity index (χ1v) is 10.1. The molecule has 6 nitrogen and oxygen atoms in total. The van der Waals surface area contributed by atoms with E-state index >= 15 is 0 Å². The summed E-state index contributed by atoms with van der Waals surface area (Å²) in [7, 11) is 0. The van der Waals surface area contributed by atoms with Gasteiger partial charge in [0.15, 0.2) is 0 Å². The summed E-state index contributed by atoms with van der Waals surface area (Å²) < 4.78 is 0. The van der Waals surface area contributed by atoms with Gasteiger partial charge in [-0.3, -0.25) is 14.4 Å². The Morgan fingerprint density at radius 3 is 2.62 bits per heavy atom. The average Bonchev–Trinajstić information content (AvgIpc) is 3.09. The van der Waals surface area contributed by atoms with E-state index in [1.165, 1.54) is 0 Å². The summed E-state index contributed by atoms with van der Waals surface area (Å²) in [5.41, 5.74) is 1.70. The lowest BCUT2D eigenvalue weighted by Crippen LogP contribution is -2.29. The van der Waals surface area contributed by atoms with Gasteiger partial charge in [0.05, 0.1) is 17.2 Å². The molecule has 1 aliphatic rings. The van der Waals surface area contributed by atoms with Crippen LogP contribution >= 0.6 is 11.6 Å².